The molecule has 1 spiro atoms. The Labute approximate surface area is 238 Å². The number of ether oxygens (including phenoxy) is 1. The first-order valence-electron chi connectivity index (χ1n) is 13.6. The standard InChI is InChI=1S/C31H35BrN4O3/c1-30(2,3)19-39-29(38)24(36-26-25(32)27(37)31(26)13-5-4-6-14-31)17-20-7-9-22(10-8-20)35-28-23-18-33-15-11-21(23)12-16-34-28/h7-12,15-16,18,24,36H,4-6,13-14,17,19H2,1-3H3,(H,34,35)/t24-/m0/s1. The van der Waals surface area contributed by atoms with Gasteiger partial charge in [-0.25, -0.2) is 9.78 Å². The first-order valence-corrected chi connectivity index (χ1v) is 14.4. The molecule has 0 unspecified atom stereocenters. The number of Topliss-reactive ketones (excluding diaryl/α,β-unsaturated/α-hetero) is 1. The average Bonchev–Trinajstić information content (AvgIpc) is 2.94. The highest BCUT2D eigenvalue weighted by Gasteiger charge is 2.53. The summed E-state index contributed by atoms with van der Waals surface area (Å²) < 4.78 is 6.31. The Morgan fingerprint density at radius 3 is 2.51 bits per heavy atom. The number of pyridine rings is 2. The molecule has 2 aromatic heterocycles. The lowest BCUT2D eigenvalue weighted by Gasteiger charge is -2.46. The Kier molecular flexibility index (Phi) is 7.76. The zero-order chi connectivity index (χ0) is 27.6. The third kappa shape index (κ3) is 5.86. The van der Waals surface area contributed by atoms with Gasteiger partial charge in [-0.15, -0.1) is 0 Å². The molecule has 3 aromatic rings. The van der Waals surface area contributed by atoms with E-state index in [1.54, 1.807) is 18.6 Å². The number of anilines is 2. The zero-order valence-corrected chi connectivity index (χ0v) is 24.3. The fourth-order valence-corrected chi connectivity index (χ4v) is 6.25. The van der Waals surface area contributed by atoms with Crippen LogP contribution < -0.4 is 10.6 Å². The molecule has 0 radical (unpaired) electrons. The fraction of sp³-hybridized carbons (Fsp3) is 0.419. The number of aromatic nitrogens is 2. The first kappa shape index (κ1) is 27.3. The molecule has 1 aromatic carbocycles. The van der Waals surface area contributed by atoms with Crippen LogP contribution in [0, 0.1) is 10.8 Å². The van der Waals surface area contributed by atoms with E-state index < -0.39 is 11.5 Å². The Morgan fingerprint density at radius 2 is 1.79 bits per heavy atom. The topological polar surface area (TPSA) is 93.2 Å². The van der Waals surface area contributed by atoms with Gasteiger partial charge in [0.25, 0.3) is 0 Å². The van der Waals surface area contributed by atoms with Crippen LogP contribution in [0.25, 0.3) is 10.8 Å². The zero-order valence-electron chi connectivity index (χ0n) is 22.7. The highest BCUT2D eigenvalue weighted by molar-refractivity contribution is 9.12. The maximum atomic E-state index is 13.3. The van der Waals surface area contributed by atoms with Crippen LogP contribution in [0.4, 0.5) is 11.5 Å². The molecule has 204 valence electrons. The van der Waals surface area contributed by atoms with Gasteiger partial charge >= 0.3 is 5.97 Å². The first-order chi connectivity index (χ1) is 18.7. The molecule has 2 heterocycles. The minimum Gasteiger partial charge on any atom is -0.464 e. The number of carbonyl (C=O) groups excluding carboxylic acids is 2. The molecule has 2 N–H and O–H groups in total. The van der Waals surface area contributed by atoms with E-state index in [0.717, 1.165) is 65.6 Å². The lowest BCUT2D eigenvalue weighted by atomic mass is 9.62. The van der Waals surface area contributed by atoms with E-state index >= 15 is 0 Å². The number of esters is 1. The molecule has 5 rings (SSSR count). The van der Waals surface area contributed by atoms with Gasteiger partial charge in [0.15, 0.2) is 5.78 Å². The van der Waals surface area contributed by atoms with Crippen LogP contribution >= 0.6 is 15.9 Å². The van der Waals surface area contributed by atoms with Crippen molar-refractivity contribution in [1.29, 1.82) is 0 Å². The molecule has 2 aliphatic rings. The number of hydrogen-bond donors (Lipinski definition) is 2. The molecule has 0 saturated heterocycles. The molecular weight excluding hydrogens is 556 g/mol. The van der Waals surface area contributed by atoms with Crippen molar-refractivity contribution in [2.75, 3.05) is 11.9 Å². The van der Waals surface area contributed by atoms with Crippen LogP contribution in [0.15, 0.2) is 65.2 Å². The number of fused-ring (bicyclic) bond motifs is 1. The number of ketones is 1. The third-order valence-electron chi connectivity index (χ3n) is 7.51. The molecule has 8 heteroatoms. The van der Waals surface area contributed by atoms with Crippen molar-refractivity contribution in [3.8, 4) is 0 Å². The van der Waals surface area contributed by atoms with Gasteiger partial charge < -0.3 is 15.4 Å². The van der Waals surface area contributed by atoms with Gasteiger partial charge in [0.1, 0.15) is 11.9 Å². The van der Waals surface area contributed by atoms with E-state index in [4.69, 9.17) is 4.74 Å². The SMILES string of the molecule is CC(C)(C)COC(=O)[C@H](Cc1ccc(Nc2nccc3ccncc23)cc1)NC1=C(Br)C(=O)C12CCCCC2. The lowest BCUT2D eigenvalue weighted by Crippen LogP contribution is -2.53. The lowest BCUT2D eigenvalue weighted by molar-refractivity contribution is -0.149. The summed E-state index contributed by atoms with van der Waals surface area (Å²) in [7, 11) is 0. The van der Waals surface area contributed by atoms with E-state index in [0.29, 0.717) is 17.5 Å². The van der Waals surface area contributed by atoms with Crippen molar-refractivity contribution in [2.45, 2.75) is 65.3 Å². The number of nitrogens with one attached hydrogen (secondary N) is 2. The van der Waals surface area contributed by atoms with Crippen LogP contribution in [0.3, 0.4) is 0 Å². The average molecular weight is 592 g/mol. The Balaban J connectivity index is 1.34. The summed E-state index contributed by atoms with van der Waals surface area (Å²) in [5.41, 5.74) is 2.10. The molecule has 0 amide bonds. The number of nitrogens with zero attached hydrogens (tertiary/aromatic N) is 2. The Bertz CT molecular complexity index is 1400. The van der Waals surface area contributed by atoms with Gasteiger partial charge in [-0.05, 0) is 69.4 Å². The molecular formula is C31H35BrN4O3. The number of carbonyl (C=O) groups is 2. The van der Waals surface area contributed by atoms with Crippen molar-refractivity contribution in [3.05, 3.63) is 70.7 Å². The van der Waals surface area contributed by atoms with Crippen molar-refractivity contribution < 1.29 is 14.3 Å². The Hall–Kier alpha value is -3.26. The highest BCUT2D eigenvalue weighted by Crippen LogP contribution is 2.53. The van der Waals surface area contributed by atoms with Gasteiger partial charge in [0.2, 0.25) is 0 Å². The summed E-state index contributed by atoms with van der Waals surface area (Å²) in [6.07, 6.45) is 10.6. The second-order valence-electron chi connectivity index (χ2n) is 11.8. The summed E-state index contributed by atoms with van der Waals surface area (Å²) in [6, 6.07) is 11.3. The maximum Gasteiger partial charge on any atom is 0.328 e. The van der Waals surface area contributed by atoms with Crippen LogP contribution in [-0.4, -0.2) is 34.4 Å². The van der Waals surface area contributed by atoms with Crippen molar-refractivity contribution >= 4 is 50.0 Å². The van der Waals surface area contributed by atoms with Crippen molar-refractivity contribution in [2.24, 2.45) is 10.8 Å². The summed E-state index contributed by atoms with van der Waals surface area (Å²) in [5, 5.41) is 8.84. The summed E-state index contributed by atoms with van der Waals surface area (Å²) >= 11 is 3.49. The monoisotopic (exact) mass is 590 g/mol. The second-order valence-corrected chi connectivity index (χ2v) is 12.6. The van der Waals surface area contributed by atoms with Crippen LogP contribution in [-0.2, 0) is 20.7 Å². The number of hydrogen-bond acceptors (Lipinski definition) is 7. The maximum absolute atomic E-state index is 13.3. The number of allylic oxidation sites excluding steroid dienone is 2. The fourth-order valence-electron chi connectivity index (χ4n) is 5.38. The summed E-state index contributed by atoms with van der Waals surface area (Å²) in [6.45, 7) is 6.44. The molecule has 1 atom stereocenters. The largest absolute Gasteiger partial charge is 0.464 e. The molecule has 39 heavy (non-hydrogen) atoms. The Morgan fingerprint density at radius 1 is 1.08 bits per heavy atom. The minimum atomic E-state index is -0.605. The number of benzene rings is 1. The van der Waals surface area contributed by atoms with Gasteiger partial charge in [-0.2, -0.15) is 0 Å². The van der Waals surface area contributed by atoms with E-state index in [2.05, 4.69) is 36.5 Å². The molecule has 0 aliphatic heterocycles. The van der Waals surface area contributed by atoms with E-state index in [1.807, 2.05) is 57.2 Å². The van der Waals surface area contributed by atoms with E-state index in [1.165, 1.54) is 0 Å². The quantitative estimate of drug-likeness (QED) is 0.285. The molecule has 1 saturated carbocycles. The van der Waals surface area contributed by atoms with Gasteiger partial charge in [-0.1, -0.05) is 52.2 Å². The molecule has 1 fully saturated rings. The molecule has 0 bridgehead atoms. The van der Waals surface area contributed by atoms with Crippen LogP contribution in [0.1, 0.15) is 58.4 Å². The van der Waals surface area contributed by atoms with Gasteiger partial charge in [-0.3, -0.25) is 9.78 Å². The number of rotatable bonds is 8. The molecule has 2 aliphatic carbocycles. The van der Waals surface area contributed by atoms with Crippen LogP contribution in [0.5, 0.6) is 0 Å². The summed E-state index contributed by atoms with van der Waals surface area (Å²) in [4.78, 5) is 34.9. The second kappa shape index (κ2) is 11.1. The predicted molar refractivity (Wildman–Crippen MR) is 157 cm³/mol. The summed E-state index contributed by atoms with van der Waals surface area (Å²) in [5.74, 6) is 0.583. The van der Waals surface area contributed by atoms with Crippen molar-refractivity contribution in [1.82, 2.24) is 15.3 Å². The third-order valence-corrected chi connectivity index (χ3v) is 8.27. The van der Waals surface area contributed by atoms with Crippen LogP contribution in [0.2, 0.25) is 0 Å². The molecule has 7 nitrogen and oxygen atoms in total. The number of halogens is 1. The minimum absolute atomic E-state index is 0.143. The highest BCUT2D eigenvalue weighted by atomic mass is 79.9. The van der Waals surface area contributed by atoms with Gasteiger partial charge in [0.05, 0.1) is 16.5 Å². The van der Waals surface area contributed by atoms with E-state index in [9.17, 15) is 9.59 Å². The predicted octanol–water partition coefficient (Wildman–Crippen LogP) is 6.60. The normalized spacial score (nSPS) is 17.6. The van der Waals surface area contributed by atoms with Crippen molar-refractivity contribution in [3.63, 3.8) is 0 Å². The smallest absolute Gasteiger partial charge is 0.328 e. The van der Waals surface area contributed by atoms with E-state index in [-0.39, 0.29) is 17.2 Å². The van der Waals surface area contributed by atoms with Gasteiger partial charge in [0, 0.05) is 41.8 Å².